The second-order valence-corrected chi connectivity index (χ2v) is 7.62. The first-order valence-electron chi connectivity index (χ1n) is 5.98. The number of halogens is 1. The Kier molecular flexibility index (Phi) is 6.00. The van der Waals surface area contributed by atoms with Crippen molar-refractivity contribution in [2.24, 2.45) is 0 Å². The van der Waals surface area contributed by atoms with Crippen LogP contribution < -0.4 is 10.6 Å². The summed E-state index contributed by atoms with van der Waals surface area (Å²) in [5.74, 6) is 0.397. The molecule has 0 aliphatic rings. The van der Waals surface area contributed by atoms with Crippen molar-refractivity contribution in [3.05, 3.63) is 28.7 Å². The fourth-order valence-electron chi connectivity index (χ4n) is 1.37. The molecule has 0 aromatic heterocycles. The van der Waals surface area contributed by atoms with Crippen molar-refractivity contribution in [1.29, 1.82) is 0 Å². The van der Waals surface area contributed by atoms with Crippen LogP contribution in [-0.2, 0) is 10.8 Å². The van der Waals surface area contributed by atoms with E-state index in [1.807, 2.05) is 45.0 Å². The number of carbonyl (C=O) groups is 1. The highest BCUT2D eigenvalue weighted by molar-refractivity contribution is 9.10. The molecule has 0 aliphatic carbocycles. The molecule has 1 atom stereocenters. The highest BCUT2D eigenvalue weighted by Gasteiger charge is 2.13. The van der Waals surface area contributed by atoms with E-state index < -0.39 is 10.8 Å². The van der Waals surface area contributed by atoms with E-state index in [9.17, 15) is 9.00 Å². The van der Waals surface area contributed by atoms with Gasteiger partial charge in [0, 0.05) is 27.2 Å². The smallest absolute Gasteiger partial charge is 0.315 e. The zero-order chi connectivity index (χ0) is 14.5. The number of rotatable bonds is 4. The van der Waals surface area contributed by atoms with Gasteiger partial charge in [-0.3, -0.25) is 4.21 Å². The molecule has 0 saturated carbocycles. The molecular formula is C13H19BrN2O2S. The third-order valence-corrected chi connectivity index (χ3v) is 3.97. The van der Waals surface area contributed by atoms with Gasteiger partial charge in [0.05, 0.1) is 10.8 Å². The maximum absolute atomic E-state index is 12.0. The van der Waals surface area contributed by atoms with Crippen LogP contribution in [0.3, 0.4) is 0 Å². The Bertz CT molecular complexity index is 472. The third kappa shape index (κ3) is 6.73. The molecule has 1 rings (SSSR count). The molecule has 0 bridgehead atoms. The number of hydrogen-bond donors (Lipinski definition) is 2. The largest absolute Gasteiger partial charge is 0.337 e. The molecule has 4 nitrogen and oxygen atoms in total. The van der Waals surface area contributed by atoms with Gasteiger partial charge in [-0.25, -0.2) is 4.79 Å². The first kappa shape index (κ1) is 16.2. The van der Waals surface area contributed by atoms with Gasteiger partial charge in [-0.1, -0.05) is 22.0 Å². The summed E-state index contributed by atoms with van der Waals surface area (Å²) >= 11 is 3.34. The topological polar surface area (TPSA) is 58.2 Å². The molecule has 6 heteroatoms. The van der Waals surface area contributed by atoms with E-state index in [1.54, 1.807) is 0 Å². The molecular weight excluding hydrogens is 328 g/mol. The summed E-state index contributed by atoms with van der Waals surface area (Å²) in [7, 11) is -1.11. The van der Waals surface area contributed by atoms with Crippen LogP contribution in [0.15, 0.2) is 33.6 Å². The minimum absolute atomic E-state index is 0.237. The lowest BCUT2D eigenvalue weighted by Crippen LogP contribution is -2.47. The van der Waals surface area contributed by atoms with Gasteiger partial charge in [0.15, 0.2) is 0 Å². The third-order valence-electron chi connectivity index (χ3n) is 2.12. The van der Waals surface area contributed by atoms with Gasteiger partial charge in [0.1, 0.15) is 0 Å². The van der Waals surface area contributed by atoms with Crippen molar-refractivity contribution in [3.8, 4) is 0 Å². The van der Waals surface area contributed by atoms with Crippen molar-refractivity contribution in [1.82, 2.24) is 10.6 Å². The van der Waals surface area contributed by atoms with E-state index in [2.05, 4.69) is 26.6 Å². The number of hydrogen-bond acceptors (Lipinski definition) is 2. The van der Waals surface area contributed by atoms with Crippen molar-refractivity contribution >= 4 is 32.8 Å². The summed E-state index contributed by atoms with van der Waals surface area (Å²) in [6.07, 6.45) is 0. The van der Waals surface area contributed by atoms with Crippen molar-refractivity contribution in [2.75, 3.05) is 12.3 Å². The molecule has 106 valence electrons. The Labute approximate surface area is 124 Å². The maximum atomic E-state index is 12.0. The fourth-order valence-corrected chi connectivity index (χ4v) is 2.93. The van der Waals surface area contributed by atoms with Gasteiger partial charge in [-0.05, 0) is 39.0 Å². The summed E-state index contributed by atoms with van der Waals surface area (Å²) < 4.78 is 12.9. The summed E-state index contributed by atoms with van der Waals surface area (Å²) in [5.41, 5.74) is -0.270. The standard InChI is InChI=1S/C13H19BrN2O2S/c1-13(2,3)16-12(17)15-7-8-19(18)11-6-4-5-10(14)9-11/h4-6,9H,7-8H2,1-3H3,(H2,15,16,17)/t19-/m0/s1. The molecule has 0 fully saturated rings. The normalized spacial score (nSPS) is 12.8. The van der Waals surface area contributed by atoms with Crippen LogP contribution in [0.4, 0.5) is 4.79 Å². The summed E-state index contributed by atoms with van der Waals surface area (Å²) in [5, 5.41) is 5.48. The first-order valence-corrected chi connectivity index (χ1v) is 8.09. The van der Waals surface area contributed by atoms with Crippen molar-refractivity contribution < 1.29 is 9.00 Å². The quantitative estimate of drug-likeness (QED) is 0.880. The van der Waals surface area contributed by atoms with Crippen LogP contribution in [0, 0.1) is 0 Å². The van der Waals surface area contributed by atoms with E-state index in [0.29, 0.717) is 12.3 Å². The molecule has 1 aromatic carbocycles. The Balaban J connectivity index is 2.37. The first-order chi connectivity index (χ1) is 8.78. The molecule has 0 spiro atoms. The van der Waals surface area contributed by atoms with Crippen LogP contribution >= 0.6 is 15.9 Å². The number of nitrogens with one attached hydrogen (secondary N) is 2. The zero-order valence-corrected chi connectivity index (χ0v) is 13.7. The molecule has 0 saturated heterocycles. The highest BCUT2D eigenvalue weighted by atomic mass is 79.9. The van der Waals surface area contributed by atoms with E-state index in [4.69, 9.17) is 0 Å². The maximum Gasteiger partial charge on any atom is 0.315 e. The van der Waals surface area contributed by atoms with Crippen molar-refractivity contribution in [3.63, 3.8) is 0 Å². The molecule has 0 heterocycles. The Morgan fingerprint density at radius 2 is 2.05 bits per heavy atom. The summed E-state index contributed by atoms with van der Waals surface area (Å²) in [4.78, 5) is 12.3. The number of benzene rings is 1. The minimum Gasteiger partial charge on any atom is -0.337 e. The zero-order valence-electron chi connectivity index (χ0n) is 11.3. The van der Waals surface area contributed by atoms with Crippen LogP contribution in [0.5, 0.6) is 0 Å². The molecule has 0 radical (unpaired) electrons. The minimum atomic E-state index is -1.11. The molecule has 2 N–H and O–H groups in total. The number of amides is 2. The SMILES string of the molecule is CC(C)(C)NC(=O)NCC[S@](=O)c1cccc(Br)c1. The van der Waals surface area contributed by atoms with E-state index in [-0.39, 0.29) is 11.6 Å². The highest BCUT2D eigenvalue weighted by Crippen LogP contribution is 2.14. The monoisotopic (exact) mass is 346 g/mol. The van der Waals surface area contributed by atoms with Crippen molar-refractivity contribution in [2.45, 2.75) is 31.2 Å². The number of carbonyl (C=O) groups excluding carboxylic acids is 1. The van der Waals surface area contributed by atoms with E-state index in [0.717, 1.165) is 9.37 Å². The Morgan fingerprint density at radius 1 is 1.37 bits per heavy atom. The molecule has 19 heavy (non-hydrogen) atoms. The Morgan fingerprint density at radius 3 is 2.63 bits per heavy atom. The lowest BCUT2D eigenvalue weighted by Gasteiger charge is -2.20. The Hall–Kier alpha value is -0.880. The molecule has 0 aliphatic heterocycles. The predicted octanol–water partition coefficient (Wildman–Crippen LogP) is 2.65. The van der Waals surface area contributed by atoms with Crippen LogP contribution in [-0.4, -0.2) is 28.1 Å². The second kappa shape index (κ2) is 7.05. The van der Waals surface area contributed by atoms with Gasteiger partial charge in [0.2, 0.25) is 0 Å². The summed E-state index contributed by atoms with van der Waals surface area (Å²) in [6.45, 7) is 6.10. The average molecular weight is 347 g/mol. The second-order valence-electron chi connectivity index (χ2n) is 5.14. The van der Waals surface area contributed by atoms with Crippen LogP contribution in [0.1, 0.15) is 20.8 Å². The fraction of sp³-hybridized carbons (Fsp3) is 0.462. The number of urea groups is 1. The van der Waals surface area contributed by atoms with Gasteiger partial charge in [-0.2, -0.15) is 0 Å². The van der Waals surface area contributed by atoms with Crippen LogP contribution in [0.2, 0.25) is 0 Å². The molecule has 0 unspecified atom stereocenters. The molecule has 1 aromatic rings. The lowest BCUT2D eigenvalue weighted by atomic mass is 10.1. The van der Waals surface area contributed by atoms with Gasteiger partial charge in [-0.15, -0.1) is 0 Å². The van der Waals surface area contributed by atoms with Crippen LogP contribution in [0.25, 0.3) is 0 Å². The van der Waals surface area contributed by atoms with Gasteiger partial charge < -0.3 is 10.6 Å². The van der Waals surface area contributed by atoms with E-state index >= 15 is 0 Å². The summed E-state index contributed by atoms with van der Waals surface area (Å²) in [6, 6.07) is 7.13. The van der Waals surface area contributed by atoms with Gasteiger partial charge >= 0.3 is 6.03 Å². The average Bonchev–Trinajstić information content (AvgIpc) is 2.26. The predicted molar refractivity (Wildman–Crippen MR) is 81.7 cm³/mol. The van der Waals surface area contributed by atoms with E-state index in [1.165, 1.54) is 0 Å². The lowest BCUT2D eigenvalue weighted by molar-refractivity contribution is 0.232. The van der Waals surface area contributed by atoms with Gasteiger partial charge in [0.25, 0.3) is 0 Å². The molecule has 2 amide bonds.